The Morgan fingerprint density at radius 2 is 1.43 bits per heavy atom. The molecule has 1 unspecified atom stereocenters. The second-order valence-corrected chi connectivity index (χ2v) is 6.40. The maximum Gasteiger partial charge on any atom is 0.320 e. The van der Waals surface area contributed by atoms with Crippen molar-refractivity contribution in [3.63, 3.8) is 0 Å². The molecule has 0 saturated carbocycles. The molecule has 0 heterocycles. The van der Waals surface area contributed by atoms with Crippen LogP contribution in [-0.2, 0) is 19.2 Å². The van der Waals surface area contributed by atoms with Crippen molar-refractivity contribution in [2.75, 3.05) is 52.9 Å². The molecule has 0 aromatic rings. The van der Waals surface area contributed by atoms with Gasteiger partial charge in [-0.25, -0.2) is 0 Å². The summed E-state index contributed by atoms with van der Waals surface area (Å²) >= 11 is 0. The van der Waals surface area contributed by atoms with E-state index in [-0.39, 0.29) is 44.9 Å². The van der Waals surface area contributed by atoms with E-state index in [0.29, 0.717) is 19.6 Å². The average molecular weight is 404 g/mol. The van der Waals surface area contributed by atoms with Gasteiger partial charge in [-0.3, -0.25) is 29.0 Å². The largest absolute Gasteiger partial charge is 0.480 e. The Hall–Kier alpha value is -2.24. The fourth-order valence-electron chi connectivity index (χ4n) is 2.63. The molecular formula is C17H32N4O7. The molecule has 28 heavy (non-hydrogen) atoms. The second-order valence-electron chi connectivity index (χ2n) is 6.40. The monoisotopic (exact) mass is 404 g/mol. The third kappa shape index (κ3) is 13.0. The van der Waals surface area contributed by atoms with Crippen LogP contribution in [0.4, 0.5) is 0 Å². The van der Waals surface area contributed by atoms with Gasteiger partial charge in [-0.1, -0.05) is 6.92 Å². The highest BCUT2D eigenvalue weighted by molar-refractivity contribution is 5.78. The number of aliphatic carboxylic acids is 3. The smallest absolute Gasteiger partial charge is 0.320 e. The molecule has 1 amide bonds. The molecule has 0 bridgehead atoms. The fraction of sp³-hybridized carbons (Fsp3) is 0.765. The zero-order valence-electron chi connectivity index (χ0n) is 16.5. The lowest BCUT2D eigenvalue weighted by Gasteiger charge is -2.26. The topological polar surface area (TPSA) is 160 Å². The van der Waals surface area contributed by atoms with Crippen LogP contribution in [-0.4, -0.2) is 108 Å². The summed E-state index contributed by atoms with van der Waals surface area (Å²) in [5, 5.41) is 32.5. The summed E-state index contributed by atoms with van der Waals surface area (Å²) in [6, 6.07) is -0.910. The minimum atomic E-state index is -1.08. The number of amides is 1. The van der Waals surface area contributed by atoms with E-state index in [0.717, 1.165) is 6.42 Å². The van der Waals surface area contributed by atoms with Crippen LogP contribution < -0.4 is 10.6 Å². The molecule has 0 aromatic carbocycles. The van der Waals surface area contributed by atoms with Gasteiger partial charge in [0.25, 0.3) is 0 Å². The number of nitrogens with one attached hydrogen (secondary N) is 2. The first-order valence-electron chi connectivity index (χ1n) is 9.24. The maximum atomic E-state index is 11.3. The van der Waals surface area contributed by atoms with Crippen LogP contribution in [0, 0.1) is 0 Å². The first-order chi connectivity index (χ1) is 13.2. The first-order valence-corrected chi connectivity index (χ1v) is 9.24. The molecule has 162 valence electrons. The highest BCUT2D eigenvalue weighted by atomic mass is 16.4. The van der Waals surface area contributed by atoms with Crippen molar-refractivity contribution in [3.8, 4) is 0 Å². The zero-order valence-corrected chi connectivity index (χ0v) is 16.5. The third-order valence-electron chi connectivity index (χ3n) is 4.05. The second kappa shape index (κ2) is 14.8. The Balaban J connectivity index is 4.59. The van der Waals surface area contributed by atoms with Crippen LogP contribution in [0.2, 0.25) is 0 Å². The van der Waals surface area contributed by atoms with E-state index in [2.05, 4.69) is 10.6 Å². The Morgan fingerprint density at radius 1 is 0.893 bits per heavy atom. The van der Waals surface area contributed by atoms with Crippen molar-refractivity contribution in [2.24, 2.45) is 0 Å². The molecule has 11 heteroatoms. The quantitative estimate of drug-likeness (QED) is 0.198. The lowest BCUT2D eigenvalue weighted by molar-refractivity contribution is -0.140. The summed E-state index contributed by atoms with van der Waals surface area (Å²) in [6.45, 7) is 3.42. The minimum Gasteiger partial charge on any atom is -0.480 e. The minimum absolute atomic E-state index is 0.0699. The number of carbonyl (C=O) groups is 4. The summed E-state index contributed by atoms with van der Waals surface area (Å²) in [5.74, 6) is -3.30. The predicted molar refractivity (Wildman–Crippen MR) is 101 cm³/mol. The summed E-state index contributed by atoms with van der Waals surface area (Å²) in [5.41, 5.74) is 0. The highest BCUT2D eigenvalue weighted by Crippen LogP contribution is 1.99. The molecule has 0 aliphatic carbocycles. The molecule has 0 aliphatic heterocycles. The molecular weight excluding hydrogens is 372 g/mol. The van der Waals surface area contributed by atoms with Crippen LogP contribution in [0.25, 0.3) is 0 Å². The zero-order chi connectivity index (χ0) is 21.5. The molecule has 0 fully saturated rings. The van der Waals surface area contributed by atoms with E-state index in [9.17, 15) is 24.3 Å². The van der Waals surface area contributed by atoms with Crippen LogP contribution in [0.3, 0.4) is 0 Å². The van der Waals surface area contributed by atoms with E-state index in [1.165, 1.54) is 7.05 Å². The summed E-state index contributed by atoms with van der Waals surface area (Å²) in [4.78, 5) is 47.9. The number of rotatable bonds is 17. The van der Waals surface area contributed by atoms with Crippen molar-refractivity contribution >= 4 is 23.8 Å². The van der Waals surface area contributed by atoms with E-state index in [1.807, 2.05) is 6.92 Å². The molecule has 0 aromatic heterocycles. The van der Waals surface area contributed by atoms with Crippen molar-refractivity contribution in [1.82, 2.24) is 20.4 Å². The lowest BCUT2D eigenvalue weighted by atomic mass is 10.1. The number of carboxylic acid groups (broad SMARTS) is 3. The number of hydrogen-bond donors (Lipinski definition) is 5. The molecule has 1 atom stereocenters. The highest BCUT2D eigenvalue weighted by Gasteiger charge is 2.19. The van der Waals surface area contributed by atoms with Crippen molar-refractivity contribution in [1.29, 1.82) is 0 Å². The van der Waals surface area contributed by atoms with Crippen LogP contribution in [0.15, 0.2) is 0 Å². The van der Waals surface area contributed by atoms with Gasteiger partial charge in [0.15, 0.2) is 0 Å². The van der Waals surface area contributed by atoms with Gasteiger partial charge in [0.2, 0.25) is 5.91 Å². The average Bonchev–Trinajstić information content (AvgIpc) is 2.60. The number of carbonyl (C=O) groups excluding carboxylic acids is 1. The summed E-state index contributed by atoms with van der Waals surface area (Å²) in [6.07, 6.45) is 0.969. The van der Waals surface area contributed by atoms with E-state index in [4.69, 9.17) is 10.2 Å². The van der Waals surface area contributed by atoms with Gasteiger partial charge in [-0.2, -0.15) is 0 Å². The molecule has 0 radical (unpaired) electrons. The van der Waals surface area contributed by atoms with Gasteiger partial charge in [-0.05, 0) is 19.4 Å². The lowest BCUT2D eigenvalue weighted by Crippen LogP contribution is -2.45. The van der Waals surface area contributed by atoms with Crippen LogP contribution in [0.5, 0.6) is 0 Å². The molecule has 11 nitrogen and oxygen atoms in total. The normalized spacial score (nSPS) is 12.1. The van der Waals surface area contributed by atoms with Gasteiger partial charge in [0, 0.05) is 39.6 Å². The van der Waals surface area contributed by atoms with Crippen molar-refractivity contribution < 1.29 is 34.5 Å². The molecule has 5 N–H and O–H groups in total. The van der Waals surface area contributed by atoms with Gasteiger partial charge in [0.1, 0.15) is 6.04 Å². The van der Waals surface area contributed by atoms with E-state index in [1.54, 1.807) is 9.80 Å². The van der Waals surface area contributed by atoms with Gasteiger partial charge < -0.3 is 26.0 Å². The molecule has 0 aliphatic rings. The standard InChI is InChI=1S/C17H32N4O7/c1-3-7-20(11-15(23)24)9-10-21(12-16(25)26)8-6-19-13(17(27)28)4-5-14(22)18-2/h13,19H,3-12H2,1-2H3,(H,18,22)(H,23,24)(H,25,26)(H,27,28). The molecule has 0 spiro atoms. The molecule has 0 rings (SSSR count). The van der Waals surface area contributed by atoms with Crippen LogP contribution in [0.1, 0.15) is 26.2 Å². The summed E-state index contributed by atoms with van der Waals surface area (Å²) in [7, 11) is 1.47. The Bertz CT molecular complexity index is 516. The predicted octanol–water partition coefficient (Wildman–Crippen LogP) is -1.26. The number of carboxylic acids is 3. The summed E-state index contributed by atoms with van der Waals surface area (Å²) < 4.78 is 0. The Morgan fingerprint density at radius 3 is 1.86 bits per heavy atom. The van der Waals surface area contributed by atoms with E-state index < -0.39 is 23.9 Å². The Kier molecular flexibility index (Phi) is 13.6. The molecule has 0 saturated heterocycles. The van der Waals surface area contributed by atoms with E-state index >= 15 is 0 Å². The third-order valence-corrected chi connectivity index (χ3v) is 4.05. The number of nitrogens with zero attached hydrogens (tertiary/aromatic N) is 2. The van der Waals surface area contributed by atoms with Crippen molar-refractivity contribution in [3.05, 3.63) is 0 Å². The van der Waals surface area contributed by atoms with Crippen LogP contribution >= 0.6 is 0 Å². The Labute approximate surface area is 164 Å². The van der Waals surface area contributed by atoms with Gasteiger partial charge in [-0.15, -0.1) is 0 Å². The van der Waals surface area contributed by atoms with Gasteiger partial charge in [0.05, 0.1) is 13.1 Å². The SMILES string of the molecule is CCCN(CCN(CCNC(CCC(=O)NC)C(=O)O)CC(=O)O)CC(=O)O. The number of hydrogen-bond acceptors (Lipinski definition) is 7. The first kappa shape index (κ1) is 25.8. The fourth-order valence-corrected chi connectivity index (χ4v) is 2.63. The van der Waals surface area contributed by atoms with Crippen molar-refractivity contribution in [2.45, 2.75) is 32.2 Å². The maximum absolute atomic E-state index is 11.3. The van der Waals surface area contributed by atoms with Gasteiger partial charge >= 0.3 is 17.9 Å².